The maximum absolute atomic E-state index is 5.67. The number of unbranched alkanes of at least 4 members (excludes halogenated alkanes) is 1. The van der Waals surface area contributed by atoms with Crippen molar-refractivity contribution in [3.63, 3.8) is 0 Å². The van der Waals surface area contributed by atoms with Crippen LogP contribution >= 0.6 is 35.3 Å². The number of rotatable bonds is 5. The van der Waals surface area contributed by atoms with E-state index in [1.54, 1.807) is 0 Å². The normalized spacial score (nSPS) is 11.0. The number of nitrogens with one attached hydrogen (secondary N) is 1. The third-order valence-electron chi connectivity index (χ3n) is 1.72. The van der Waals surface area contributed by atoms with Gasteiger partial charge in [-0.15, -0.1) is 35.3 Å². The van der Waals surface area contributed by atoms with Crippen molar-refractivity contribution >= 4 is 46.4 Å². The van der Waals surface area contributed by atoms with Crippen molar-refractivity contribution in [1.29, 1.82) is 0 Å². The molecule has 0 spiro atoms. The molecule has 1 aromatic heterocycles. The topological polar surface area (TPSA) is 63.3 Å². The first kappa shape index (κ1) is 15.5. The van der Waals surface area contributed by atoms with Crippen LogP contribution in [0.5, 0.6) is 0 Å². The predicted octanol–water partition coefficient (Wildman–Crippen LogP) is 2.83. The van der Waals surface area contributed by atoms with Crippen LogP contribution < -0.4 is 11.1 Å². The van der Waals surface area contributed by atoms with E-state index >= 15 is 0 Å². The highest BCUT2D eigenvalue weighted by Gasteiger charge is 2.01. The zero-order chi connectivity index (χ0) is 11.1. The monoisotopic (exact) mass is 282 g/mol. The van der Waals surface area contributed by atoms with Gasteiger partial charge in [-0.05, 0) is 6.42 Å². The van der Waals surface area contributed by atoms with Gasteiger partial charge in [-0.1, -0.05) is 13.3 Å². The Balaban J connectivity index is 0.00000225. The minimum absolute atomic E-state index is 0. The largest absolute Gasteiger partial charge is 0.370 e. The molecule has 0 aromatic carbocycles. The fourth-order valence-corrected chi connectivity index (χ4v) is 1.88. The maximum Gasteiger partial charge on any atom is 0.194 e. The molecule has 0 radical (unpaired) electrons. The Morgan fingerprint density at radius 1 is 1.69 bits per heavy atom. The fraction of sp³-hybridized carbons (Fsp3) is 0.556. The van der Waals surface area contributed by atoms with Crippen LogP contribution in [0.15, 0.2) is 10.4 Å². The molecule has 0 saturated heterocycles. The number of aliphatic imine (C=N–C) groups is 1. The summed E-state index contributed by atoms with van der Waals surface area (Å²) >= 11 is 7.11. The lowest BCUT2D eigenvalue weighted by atomic mass is 10.3. The van der Waals surface area contributed by atoms with E-state index in [0.29, 0.717) is 11.8 Å². The molecule has 92 valence electrons. The van der Waals surface area contributed by atoms with Gasteiger partial charge in [-0.2, -0.15) is 0 Å². The Morgan fingerprint density at radius 2 is 2.44 bits per heavy atom. The zero-order valence-corrected chi connectivity index (χ0v) is 11.5. The van der Waals surface area contributed by atoms with Crippen molar-refractivity contribution in [2.24, 2.45) is 10.7 Å². The van der Waals surface area contributed by atoms with Crippen LogP contribution in [0.4, 0.5) is 5.13 Å². The van der Waals surface area contributed by atoms with Gasteiger partial charge >= 0.3 is 0 Å². The van der Waals surface area contributed by atoms with E-state index in [1.165, 1.54) is 11.3 Å². The SMILES string of the molecule is CCCCN=C(N)Nc1nc(CCl)cs1.Cl. The van der Waals surface area contributed by atoms with Crippen LogP contribution in [0.3, 0.4) is 0 Å². The van der Waals surface area contributed by atoms with E-state index in [0.717, 1.165) is 30.2 Å². The molecule has 4 nitrogen and oxygen atoms in total. The lowest BCUT2D eigenvalue weighted by Crippen LogP contribution is -2.22. The quantitative estimate of drug-likeness (QED) is 0.378. The number of guanidine groups is 1. The van der Waals surface area contributed by atoms with Gasteiger partial charge in [0.15, 0.2) is 11.1 Å². The van der Waals surface area contributed by atoms with Crippen LogP contribution in [-0.4, -0.2) is 17.5 Å². The molecular formula is C9H16Cl2N4S. The number of nitrogens with zero attached hydrogens (tertiary/aromatic N) is 2. The van der Waals surface area contributed by atoms with Gasteiger partial charge in [0.1, 0.15) is 0 Å². The molecule has 7 heteroatoms. The summed E-state index contributed by atoms with van der Waals surface area (Å²) < 4.78 is 0. The fourth-order valence-electron chi connectivity index (χ4n) is 0.932. The molecule has 3 N–H and O–H groups in total. The second-order valence-corrected chi connectivity index (χ2v) is 4.15. The molecule has 0 saturated carbocycles. The van der Waals surface area contributed by atoms with Crippen molar-refractivity contribution in [2.75, 3.05) is 11.9 Å². The summed E-state index contributed by atoms with van der Waals surface area (Å²) in [6.07, 6.45) is 2.16. The van der Waals surface area contributed by atoms with Crippen LogP contribution in [0.25, 0.3) is 0 Å². The van der Waals surface area contributed by atoms with E-state index in [2.05, 4.69) is 22.2 Å². The lowest BCUT2D eigenvalue weighted by Gasteiger charge is -2.00. The molecule has 1 aromatic rings. The van der Waals surface area contributed by atoms with E-state index < -0.39 is 0 Å². The summed E-state index contributed by atoms with van der Waals surface area (Å²) in [5.41, 5.74) is 6.52. The van der Waals surface area contributed by atoms with Gasteiger partial charge in [0.2, 0.25) is 0 Å². The number of anilines is 1. The van der Waals surface area contributed by atoms with Crippen molar-refractivity contribution in [3.8, 4) is 0 Å². The molecule has 0 aliphatic carbocycles. The summed E-state index contributed by atoms with van der Waals surface area (Å²) in [6.45, 7) is 2.87. The Kier molecular flexibility index (Phi) is 8.33. The summed E-state index contributed by atoms with van der Waals surface area (Å²) in [5, 5.41) is 5.57. The van der Waals surface area contributed by atoms with Crippen LogP contribution in [0.2, 0.25) is 0 Å². The maximum atomic E-state index is 5.67. The number of halogens is 2. The van der Waals surface area contributed by atoms with E-state index in [9.17, 15) is 0 Å². The van der Waals surface area contributed by atoms with E-state index in [1.807, 2.05) is 5.38 Å². The van der Waals surface area contributed by atoms with Crippen molar-refractivity contribution in [3.05, 3.63) is 11.1 Å². The Labute approximate surface area is 111 Å². The number of aromatic nitrogens is 1. The lowest BCUT2D eigenvalue weighted by molar-refractivity contribution is 0.807. The third-order valence-corrected chi connectivity index (χ3v) is 2.80. The van der Waals surface area contributed by atoms with Crippen LogP contribution in [0.1, 0.15) is 25.5 Å². The highest BCUT2D eigenvalue weighted by molar-refractivity contribution is 7.13. The molecular weight excluding hydrogens is 267 g/mol. The molecule has 0 atom stereocenters. The minimum atomic E-state index is 0. The number of alkyl halides is 1. The summed E-state index contributed by atoms with van der Waals surface area (Å²) in [7, 11) is 0. The number of nitrogens with two attached hydrogens (primary N) is 1. The Hall–Kier alpha value is -0.520. The van der Waals surface area contributed by atoms with Crippen molar-refractivity contribution < 1.29 is 0 Å². The second-order valence-electron chi connectivity index (χ2n) is 3.02. The van der Waals surface area contributed by atoms with E-state index in [-0.39, 0.29) is 12.4 Å². The van der Waals surface area contributed by atoms with Gasteiger partial charge in [-0.3, -0.25) is 4.99 Å². The average molecular weight is 283 g/mol. The summed E-state index contributed by atoms with van der Waals surface area (Å²) in [6, 6.07) is 0. The Morgan fingerprint density at radius 3 is 3.00 bits per heavy atom. The molecule has 0 fully saturated rings. The molecule has 0 bridgehead atoms. The number of hydrogen-bond donors (Lipinski definition) is 2. The highest BCUT2D eigenvalue weighted by Crippen LogP contribution is 2.16. The molecule has 0 unspecified atom stereocenters. The van der Waals surface area contributed by atoms with Gasteiger partial charge in [0, 0.05) is 11.9 Å². The molecule has 1 rings (SSSR count). The van der Waals surface area contributed by atoms with E-state index in [4.69, 9.17) is 17.3 Å². The average Bonchev–Trinajstić information content (AvgIpc) is 2.66. The van der Waals surface area contributed by atoms with Gasteiger partial charge in [-0.25, -0.2) is 4.98 Å². The summed E-state index contributed by atoms with van der Waals surface area (Å²) in [5.74, 6) is 0.837. The van der Waals surface area contributed by atoms with Crippen molar-refractivity contribution in [2.45, 2.75) is 25.6 Å². The van der Waals surface area contributed by atoms with Gasteiger partial charge in [0.05, 0.1) is 11.6 Å². The molecule has 16 heavy (non-hydrogen) atoms. The minimum Gasteiger partial charge on any atom is -0.370 e. The molecule has 0 aliphatic heterocycles. The van der Waals surface area contributed by atoms with Crippen molar-refractivity contribution in [1.82, 2.24) is 4.98 Å². The number of hydrogen-bond acceptors (Lipinski definition) is 3. The molecule has 1 heterocycles. The molecule has 0 aliphatic rings. The first-order chi connectivity index (χ1) is 7.26. The molecule has 0 amide bonds. The third kappa shape index (κ3) is 5.53. The second kappa shape index (κ2) is 8.61. The van der Waals surface area contributed by atoms with Gasteiger partial charge in [0.25, 0.3) is 0 Å². The number of thiazole rings is 1. The van der Waals surface area contributed by atoms with Crippen LogP contribution in [-0.2, 0) is 5.88 Å². The van der Waals surface area contributed by atoms with Gasteiger partial charge < -0.3 is 11.1 Å². The smallest absolute Gasteiger partial charge is 0.194 e. The standard InChI is InChI=1S/C9H15ClN4S.ClH/c1-2-3-4-12-8(11)14-9-13-7(5-10)6-15-9;/h6H,2-5H2,1H3,(H3,11,12,13,14);1H. The highest BCUT2D eigenvalue weighted by atomic mass is 35.5. The zero-order valence-electron chi connectivity index (χ0n) is 9.07. The Bertz CT molecular complexity index is 327. The predicted molar refractivity (Wildman–Crippen MR) is 73.9 cm³/mol. The first-order valence-corrected chi connectivity index (χ1v) is 6.25. The summed E-state index contributed by atoms with van der Waals surface area (Å²) in [4.78, 5) is 8.37. The van der Waals surface area contributed by atoms with Crippen LogP contribution in [0, 0.1) is 0 Å². The first-order valence-electron chi connectivity index (χ1n) is 4.83.